The van der Waals surface area contributed by atoms with Crippen molar-refractivity contribution in [3.05, 3.63) is 73.0 Å². The molecular formula is C22H14O3. The summed E-state index contributed by atoms with van der Waals surface area (Å²) in [6.45, 7) is 0. The fourth-order valence-corrected chi connectivity index (χ4v) is 3.60. The number of aromatic hydroxyl groups is 2. The van der Waals surface area contributed by atoms with Gasteiger partial charge in [-0.25, -0.2) is 0 Å². The van der Waals surface area contributed by atoms with Crippen LogP contribution < -0.4 is 0 Å². The summed E-state index contributed by atoms with van der Waals surface area (Å²) in [5, 5.41) is 24.9. The average molecular weight is 326 g/mol. The third kappa shape index (κ3) is 1.93. The molecule has 0 bridgehead atoms. The van der Waals surface area contributed by atoms with Crippen molar-refractivity contribution < 1.29 is 14.6 Å². The van der Waals surface area contributed by atoms with E-state index in [9.17, 15) is 10.2 Å². The Morgan fingerprint density at radius 1 is 0.640 bits per heavy atom. The Balaban J connectivity index is 2.03. The monoisotopic (exact) mass is 326 g/mol. The second kappa shape index (κ2) is 5.02. The maximum absolute atomic E-state index is 10.6. The first-order chi connectivity index (χ1) is 12.2. The van der Waals surface area contributed by atoms with Crippen LogP contribution >= 0.6 is 0 Å². The minimum atomic E-state index is 0.217. The van der Waals surface area contributed by atoms with E-state index in [2.05, 4.69) is 0 Å². The molecule has 0 spiro atoms. The molecule has 25 heavy (non-hydrogen) atoms. The summed E-state index contributed by atoms with van der Waals surface area (Å²) < 4.78 is 5.94. The molecule has 0 saturated carbocycles. The van der Waals surface area contributed by atoms with Gasteiger partial charge >= 0.3 is 0 Å². The van der Waals surface area contributed by atoms with Crippen molar-refractivity contribution >= 4 is 32.5 Å². The van der Waals surface area contributed by atoms with Crippen molar-refractivity contribution in [2.24, 2.45) is 0 Å². The Bertz CT molecular complexity index is 1250. The molecule has 120 valence electrons. The van der Waals surface area contributed by atoms with Crippen LogP contribution in [0.4, 0.5) is 0 Å². The molecule has 1 aromatic heterocycles. The van der Waals surface area contributed by atoms with Gasteiger partial charge in [0, 0.05) is 21.7 Å². The summed E-state index contributed by atoms with van der Waals surface area (Å²) in [4.78, 5) is 0. The topological polar surface area (TPSA) is 53.6 Å². The first-order valence-electron chi connectivity index (χ1n) is 8.07. The van der Waals surface area contributed by atoms with Gasteiger partial charge < -0.3 is 14.6 Å². The number of hydrogen-bond donors (Lipinski definition) is 2. The molecule has 3 heteroatoms. The van der Waals surface area contributed by atoms with E-state index in [-0.39, 0.29) is 11.5 Å². The Morgan fingerprint density at radius 3 is 2.16 bits per heavy atom. The van der Waals surface area contributed by atoms with Gasteiger partial charge in [-0.2, -0.15) is 0 Å². The van der Waals surface area contributed by atoms with E-state index < -0.39 is 0 Å². The number of benzene rings is 4. The summed E-state index contributed by atoms with van der Waals surface area (Å²) in [7, 11) is 0. The second-order valence-electron chi connectivity index (χ2n) is 6.15. The lowest BCUT2D eigenvalue weighted by atomic mass is 9.94. The molecule has 0 saturated heterocycles. The second-order valence-corrected chi connectivity index (χ2v) is 6.15. The molecule has 0 aliphatic carbocycles. The van der Waals surface area contributed by atoms with Crippen molar-refractivity contribution in [2.75, 3.05) is 0 Å². The van der Waals surface area contributed by atoms with Crippen LogP contribution in [0, 0.1) is 0 Å². The third-order valence-corrected chi connectivity index (χ3v) is 4.72. The predicted octanol–water partition coefficient (Wildman–Crippen LogP) is 5.82. The molecule has 4 aromatic carbocycles. The number of phenols is 2. The fraction of sp³-hybridized carbons (Fsp3) is 0. The van der Waals surface area contributed by atoms with E-state index >= 15 is 0 Å². The van der Waals surface area contributed by atoms with Gasteiger partial charge in [-0.05, 0) is 34.5 Å². The summed E-state index contributed by atoms with van der Waals surface area (Å²) in [5.41, 5.74) is 2.58. The highest BCUT2D eigenvalue weighted by Crippen LogP contribution is 2.44. The number of fused-ring (bicyclic) bond motifs is 6. The molecule has 0 radical (unpaired) electrons. The van der Waals surface area contributed by atoms with Gasteiger partial charge in [0.05, 0.1) is 6.26 Å². The molecular weight excluding hydrogens is 312 g/mol. The lowest BCUT2D eigenvalue weighted by molar-refractivity contribution is 0.475. The van der Waals surface area contributed by atoms with Crippen molar-refractivity contribution in [1.29, 1.82) is 0 Å². The molecule has 5 rings (SSSR count). The first kappa shape index (κ1) is 13.9. The molecule has 0 unspecified atom stereocenters. The van der Waals surface area contributed by atoms with E-state index in [4.69, 9.17) is 4.42 Å². The minimum Gasteiger partial charge on any atom is -0.508 e. The molecule has 0 atom stereocenters. The van der Waals surface area contributed by atoms with Crippen LogP contribution in [0.1, 0.15) is 0 Å². The highest BCUT2D eigenvalue weighted by molar-refractivity contribution is 6.28. The van der Waals surface area contributed by atoms with Crippen LogP contribution in [0.15, 0.2) is 77.4 Å². The SMILES string of the molecule is Oc1ccc(-c2coc3c4ccccc4c4cccc(O)c4c23)cc1. The van der Waals surface area contributed by atoms with Gasteiger partial charge in [-0.15, -0.1) is 0 Å². The molecule has 1 heterocycles. The van der Waals surface area contributed by atoms with E-state index in [0.29, 0.717) is 0 Å². The lowest BCUT2D eigenvalue weighted by Crippen LogP contribution is -1.83. The van der Waals surface area contributed by atoms with Crippen molar-refractivity contribution in [2.45, 2.75) is 0 Å². The lowest BCUT2D eigenvalue weighted by Gasteiger charge is -2.09. The van der Waals surface area contributed by atoms with Gasteiger partial charge in [-0.1, -0.05) is 48.5 Å². The molecule has 2 N–H and O–H groups in total. The van der Waals surface area contributed by atoms with Crippen molar-refractivity contribution in [3.8, 4) is 22.6 Å². The Hall–Kier alpha value is -3.46. The van der Waals surface area contributed by atoms with Gasteiger partial charge in [0.25, 0.3) is 0 Å². The maximum Gasteiger partial charge on any atom is 0.143 e. The molecule has 0 fully saturated rings. The first-order valence-corrected chi connectivity index (χ1v) is 8.07. The third-order valence-electron chi connectivity index (χ3n) is 4.72. The number of furan rings is 1. The van der Waals surface area contributed by atoms with Crippen LogP contribution in [0.3, 0.4) is 0 Å². The molecule has 5 aromatic rings. The van der Waals surface area contributed by atoms with E-state index in [1.54, 1.807) is 24.5 Å². The molecule has 0 aliphatic rings. The predicted molar refractivity (Wildman–Crippen MR) is 100.0 cm³/mol. The normalized spacial score (nSPS) is 11.5. The van der Waals surface area contributed by atoms with Crippen LogP contribution in [0.25, 0.3) is 43.6 Å². The zero-order valence-electron chi connectivity index (χ0n) is 13.2. The summed E-state index contributed by atoms with van der Waals surface area (Å²) >= 11 is 0. The number of phenolic OH excluding ortho intramolecular Hbond substituents is 2. The van der Waals surface area contributed by atoms with Gasteiger partial charge in [-0.3, -0.25) is 0 Å². The Kier molecular flexibility index (Phi) is 2.80. The Labute approximate surface area is 143 Å². The largest absolute Gasteiger partial charge is 0.508 e. The highest BCUT2D eigenvalue weighted by Gasteiger charge is 2.18. The maximum atomic E-state index is 10.6. The molecule has 3 nitrogen and oxygen atoms in total. The Morgan fingerprint density at radius 2 is 1.36 bits per heavy atom. The van der Waals surface area contributed by atoms with Gasteiger partial charge in [0.2, 0.25) is 0 Å². The zero-order valence-corrected chi connectivity index (χ0v) is 13.2. The van der Waals surface area contributed by atoms with Crippen LogP contribution in [-0.2, 0) is 0 Å². The number of rotatable bonds is 1. The van der Waals surface area contributed by atoms with Crippen LogP contribution in [0.5, 0.6) is 11.5 Å². The van der Waals surface area contributed by atoms with E-state index in [1.165, 1.54) is 0 Å². The summed E-state index contributed by atoms with van der Waals surface area (Å²) in [6, 6.07) is 20.6. The molecule has 0 amide bonds. The average Bonchev–Trinajstić information content (AvgIpc) is 3.08. The van der Waals surface area contributed by atoms with Gasteiger partial charge in [0.15, 0.2) is 0 Å². The van der Waals surface area contributed by atoms with Crippen LogP contribution in [-0.4, -0.2) is 10.2 Å². The number of hydrogen-bond acceptors (Lipinski definition) is 3. The zero-order chi connectivity index (χ0) is 17.0. The standard InChI is InChI=1S/C22H14O3/c23-14-10-8-13(9-11-14)18-12-25-22-17-5-2-1-4-15(17)16-6-3-7-19(24)20(16)21(18)22/h1-12,23-24H. The van der Waals surface area contributed by atoms with Crippen molar-refractivity contribution in [1.82, 2.24) is 0 Å². The summed E-state index contributed by atoms with van der Waals surface area (Å²) in [5.74, 6) is 0.449. The van der Waals surface area contributed by atoms with Crippen LogP contribution in [0.2, 0.25) is 0 Å². The highest BCUT2D eigenvalue weighted by atomic mass is 16.3. The summed E-state index contributed by atoms with van der Waals surface area (Å²) in [6.07, 6.45) is 1.72. The van der Waals surface area contributed by atoms with Crippen molar-refractivity contribution in [3.63, 3.8) is 0 Å². The smallest absolute Gasteiger partial charge is 0.143 e. The quantitative estimate of drug-likeness (QED) is 0.382. The van der Waals surface area contributed by atoms with E-state index in [1.807, 2.05) is 48.5 Å². The van der Waals surface area contributed by atoms with Gasteiger partial charge in [0.1, 0.15) is 17.1 Å². The fourth-order valence-electron chi connectivity index (χ4n) is 3.60. The van der Waals surface area contributed by atoms with E-state index in [0.717, 1.165) is 43.6 Å². The molecule has 0 aliphatic heterocycles. The minimum absolute atomic E-state index is 0.217.